The molecule has 0 aromatic heterocycles. The predicted molar refractivity (Wildman–Crippen MR) is 79.4 cm³/mol. The van der Waals surface area contributed by atoms with E-state index in [-0.39, 0.29) is 13.2 Å². The first-order valence-electron chi connectivity index (χ1n) is 6.54. The van der Waals surface area contributed by atoms with Crippen LogP contribution in [0.4, 0.5) is 4.79 Å². The summed E-state index contributed by atoms with van der Waals surface area (Å²) in [5, 5.41) is 2.75. The maximum Gasteiger partial charge on any atom is 0.431 e. The van der Waals surface area contributed by atoms with Crippen molar-refractivity contribution >= 4 is 37.0 Å². The van der Waals surface area contributed by atoms with Gasteiger partial charge in [0.1, 0.15) is 6.23 Å². The maximum atomic E-state index is 12.7. The molecule has 21 heavy (non-hydrogen) atoms. The standard InChI is InChI=1S/C10H20Cl2N3O5P/c1-2-18-10(16)13-20-9-3-8-19-21(17,14-9)15(6-4-11)7-5-12/h9H,2-8H2,1H3,(H,13,16)(H,14,17). The number of nitrogens with one attached hydrogen (secondary N) is 2. The summed E-state index contributed by atoms with van der Waals surface area (Å²) < 4.78 is 24.3. The summed E-state index contributed by atoms with van der Waals surface area (Å²) in [4.78, 5) is 16.3. The summed E-state index contributed by atoms with van der Waals surface area (Å²) in [5.41, 5.74) is 2.12. The van der Waals surface area contributed by atoms with E-state index in [1.807, 2.05) is 0 Å². The van der Waals surface area contributed by atoms with E-state index in [1.54, 1.807) is 11.6 Å². The molecule has 0 spiro atoms. The zero-order valence-corrected chi connectivity index (χ0v) is 14.1. The summed E-state index contributed by atoms with van der Waals surface area (Å²) in [5.74, 6) is 0.580. The molecule has 1 heterocycles. The minimum atomic E-state index is -3.29. The van der Waals surface area contributed by atoms with Crippen molar-refractivity contribution in [1.29, 1.82) is 0 Å². The molecule has 2 atom stereocenters. The molecule has 2 N–H and O–H groups in total. The minimum Gasteiger partial charge on any atom is -0.448 e. The van der Waals surface area contributed by atoms with Gasteiger partial charge < -0.3 is 9.26 Å². The molecule has 0 bridgehead atoms. The van der Waals surface area contributed by atoms with Crippen molar-refractivity contribution in [2.24, 2.45) is 0 Å². The summed E-state index contributed by atoms with van der Waals surface area (Å²) >= 11 is 11.4. The van der Waals surface area contributed by atoms with E-state index in [9.17, 15) is 9.36 Å². The van der Waals surface area contributed by atoms with Crippen LogP contribution in [0.2, 0.25) is 0 Å². The van der Waals surface area contributed by atoms with Crippen LogP contribution in [0.3, 0.4) is 0 Å². The molecular weight excluding hydrogens is 344 g/mol. The van der Waals surface area contributed by atoms with E-state index in [0.717, 1.165) is 0 Å². The lowest BCUT2D eigenvalue weighted by atomic mass is 10.4. The molecule has 0 aromatic rings. The topological polar surface area (TPSA) is 89.1 Å². The quantitative estimate of drug-likeness (QED) is 0.386. The third-order valence-electron chi connectivity index (χ3n) is 2.57. The van der Waals surface area contributed by atoms with E-state index in [4.69, 9.17) is 32.6 Å². The Morgan fingerprint density at radius 2 is 2.14 bits per heavy atom. The van der Waals surface area contributed by atoms with Crippen molar-refractivity contribution < 1.29 is 23.5 Å². The summed E-state index contributed by atoms with van der Waals surface area (Å²) in [7, 11) is -3.29. The van der Waals surface area contributed by atoms with Gasteiger partial charge >= 0.3 is 13.8 Å². The molecule has 0 aromatic carbocycles. The van der Waals surface area contributed by atoms with Gasteiger partial charge in [-0.1, -0.05) is 0 Å². The number of hydrogen-bond acceptors (Lipinski definition) is 5. The van der Waals surface area contributed by atoms with Gasteiger partial charge in [0.2, 0.25) is 0 Å². The van der Waals surface area contributed by atoms with Crippen molar-refractivity contribution in [1.82, 2.24) is 15.2 Å². The van der Waals surface area contributed by atoms with E-state index >= 15 is 0 Å². The highest BCUT2D eigenvalue weighted by Gasteiger charge is 2.38. The Morgan fingerprint density at radius 1 is 1.48 bits per heavy atom. The van der Waals surface area contributed by atoms with Gasteiger partial charge in [-0.2, -0.15) is 5.48 Å². The minimum absolute atomic E-state index is 0.223. The summed E-state index contributed by atoms with van der Waals surface area (Å²) in [6.07, 6.45) is -0.937. The van der Waals surface area contributed by atoms with Crippen LogP contribution in [0.15, 0.2) is 0 Å². The van der Waals surface area contributed by atoms with Crippen LogP contribution in [0.5, 0.6) is 0 Å². The SMILES string of the molecule is CCOC(=O)NOC1CCOP(=O)(N(CCCl)CCCl)N1. The number of hydrogen-bond donors (Lipinski definition) is 2. The Labute approximate surface area is 133 Å². The highest BCUT2D eigenvalue weighted by atomic mass is 35.5. The number of alkyl halides is 2. The first-order valence-corrected chi connectivity index (χ1v) is 9.18. The fourth-order valence-electron chi connectivity index (χ4n) is 1.67. The Balaban J connectivity index is 2.56. The fourth-order valence-corrected chi connectivity index (χ4v) is 4.34. The molecule has 1 fully saturated rings. The lowest BCUT2D eigenvalue weighted by molar-refractivity contribution is -0.0479. The van der Waals surface area contributed by atoms with Gasteiger partial charge in [0.05, 0.1) is 13.2 Å². The smallest absolute Gasteiger partial charge is 0.431 e. The normalized spacial score (nSPS) is 25.8. The highest BCUT2D eigenvalue weighted by molar-refractivity contribution is 7.54. The Hall–Kier alpha value is -0.0800. The number of carbonyl (C=O) groups is 1. The summed E-state index contributed by atoms with van der Waals surface area (Å²) in [6.45, 7) is 2.85. The van der Waals surface area contributed by atoms with Gasteiger partial charge in [-0.15, -0.1) is 23.2 Å². The van der Waals surface area contributed by atoms with Crippen LogP contribution in [0.1, 0.15) is 13.3 Å². The van der Waals surface area contributed by atoms with Gasteiger partial charge in [0.15, 0.2) is 0 Å². The van der Waals surface area contributed by atoms with Crippen LogP contribution in [0, 0.1) is 0 Å². The summed E-state index contributed by atoms with van der Waals surface area (Å²) in [6, 6.07) is 0. The molecule has 0 radical (unpaired) electrons. The first kappa shape index (κ1) is 19.0. The number of halogens is 2. The van der Waals surface area contributed by atoms with Gasteiger partial charge in [-0.3, -0.25) is 9.40 Å². The van der Waals surface area contributed by atoms with Gasteiger partial charge in [0, 0.05) is 31.3 Å². The number of ether oxygens (including phenoxy) is 1. The van der Waals surface area contributed by atoms with Crippen molar-refractivity contribution in [3.05, 3.63) is 0 Å². The average molecular weight is 364 g/mol. The van der Waals surface area contributed by atoms with Gasteiger partial charge in [0.25, 0.3) is 0 Å². The van der Waals surface area contributed by atoms with E-state index < -0.39 is 20.0 Å². The van der Waals surface area contributed by atoms with Crippen LogP contribution in [-0.2, 0) is 18.7 Å². The fraction of sp³-hybridized carbons (Fsp3) is 0.900. The van der Waals surface area contributed by atoms with Crippen molar-refractivity contribution in [2.75, 3.05) is 38.1 Å². The number of rotatable bonds is 8. The highest BCUT2D eigenvalue weighted by Crippen LogP contribution is 2.49. The van der Waals surface area contributed by atoms with Crippen LogP contribution in [-0.4, -0.2) is 55.1 Å². The second-order valence-electron chi connectivity index (χ2n) is 4.03. The molecule has 1 aliphatic rings. The molecule has 1 saturated heterocycles. The van der Waals surface area contributed by atoms with Gasteiger partial charge in [-0.05, 0) is 6.92 Å². The second kappa shape index (κ2) is 9.84. The number of carbonyl (C=O) groups excluding carboxylic acids is 1. The zero-order valence-electron chi connectivity index (χ0n) is 11.7. The van der Waals surface area contributed by atoms with Crippen molar-refractivity contribution in [3.63, 3.8) is 0 Å². The van der Waals surface area contributed by atoms with Crippen LogP contribution < -0.4 is 10.6 Å². The van der Waals surface area contributed by atoms with E-state index in [1.165, 1.54) is 0 Å². The molecule has 8 nitrogen and oxygen atoms in total. The molecule has 1 aliphatic heterocycles. The Kier molecular flexibility index (Phi) is 8.89. The van der Waals surface area contributed by atoms with Gasteiger partial charge in [-0.25, -0.2) is 14.6 Å². The van der Waals surface area contributed by atoms with Crippen LogP contribution >= 0.6 is 30.9 Å². The lowest BCUT2D eigenvalue weighted by Gasteiger charge is -2.36. The third-order valence-corrected chi connectivity index (χ3v) is 5.20. The average Bonchev–Trinajstić information content (AvgIpc) is 2.45. The van der Waals surface area contributed by atoms with Crippen molar-refractivity contribution in [3.8, 4) is 0 Å². The number of hydroxylamine groups is 1. The molecule has 11 heteroatoms. The molecule has 2 unspecified atom stereocenters. The predicted octanol–water partition coefficient (Wildman–Crippen LogP) is 1.89. The molecule has 124 valence electrons. The zero-order chi connectivity index (χ0) is 15.7. The van der Waals surface area contributed by atoms with Crippen molar-refractivity contribution in [2.45, 2.75) is 19.6 Å². The lowest BCUT2D eigenvalue weighted by Crippen LogP contribution is -2.45. The van der Waals surface area contributed by atoms with E-state index in [0.29, 0.717) is 31.3 Å². The number of amides is 1. The Bertz CT molecular complexity index is 371. The molecule has 0 aliphatic carbocycles. The molecule has 1 rings (SSSR count). The molecule has 0 saturated carbocycles. The van der Waals surface area contributed by atoms with Crippen LogP contribution in [0.25, 0.3) is 0 Å². The monoisotopic (exact) mass is 363 g/mol. The maximum absolute atomic E-state index is 12.7. The first-order chi connectivity index (χ1) is 10.1. The third kappa shape index (κ3) is 6.28. The second-order valence-corrected chi connectivity index (χ2v) is 6.91. The molecule has 1 amide bonds. The molecular formula is C10H20Cl2N3O5P. The van der Waals surface area contributed by atoms with E-state index in [2.05, 4.69) is 15.3 Å². The number of nitrogens with zero attached hydrogens (tertiary/aromatic N) is 1. The largest absolute Gasteiger partial charge is 0.448 e. The Morgan fingerprint density at radius 3 is 2.71 bits per heavy atom.